The molecular weight excluding hydrogens is 319 g/mol. The van der Waals surface area contributed by atoms with Gasteiger partial charge < -0.3 is 10.3 Å². The van der Waals surface area contributed by atoms with Crippen molar-refractivity contribution in [1.29, 1.82) is 5.26 Å². The summed E-state index contributed by atoms with van der Waals surface area (Å²) in [5.74, 6) is 0.510. The maximum Gasteiger partial charge on any atom is 0.150 e. The predicted molar refractivity (Wildman–Crippen MR) is 89.8 cm³/mol. The molecule has 108 valence electrons. The Morgan fingerprint density at radius 2 is 2.00 bits per heavy atom. The highest BCUT2D eigenvalue weighted by Crippen LogP contribution is 2.25. The van der Waals surface area contributed by atoms with Crippen LogP contribution in [0.3, 0.4) is 0 Å². The van der Waals surface area contributed by atoms with Crippen LogP contribution in [0.2, 0.25) is 10.0 Å². The van der Waals surface area contributed by atoms with Gasteiger partial charge in [0.25, 0.3) is 0 Å². The lowest BCUT2D eigenvalue weighted by atomic mass is 10.3. The number of H-pyrrole nitrogens is 1. The van der Waals surface area contributed by atoms with Crippen molar-refractivity contribution in [3.05, 3.63) is 64.5 Å². The number of hydrogen-bond acceptors (Lipinski definition) is 3. The quantitative estimate of drug-likeness (QED) is 0.675. The summed E-state index contributed by atoms with van der Waals surface area (Å²) in [6.07, 6.45) is 1.58. The predicted octanol–water partition coefficient (Wildman–Crippen LogP) is 4.85. The zero-order valence-corrected chi connectivity index (χ0v) is 12.8. The molecule has 0 spiro atoms. The molecular formula is C16H10Cl2N4. The van der Waals surface area contributed by atoms with Crippen molar-refractivity contribution in [3.8, 4) is 6.07 Å². The van der Waals surface area contributed by atoms with Crippen LogP contribution < -0.4 is 5.32 Å². The molecule has 22 heavy (non-hydrogen) atoms. The summed E-state index contributed by atoms with van der Waals surface area (Å²) in [7, 11) is 0. The van der Waals surface area contributed by atoms with Gasteiger partial charge >= 0.3 is 0 Å². The molecule has 3 aromatic rings. The largest absolute Gasteiger partial charge is 0.360 e. The second-order valence-electron chi connectivity index (χ2n) is 4.55. The van der Waals surface area contributed by atoms with Gasteiger partial charge in [-0.2, -0.15) is 5.26 Å². The first-order valence-electron chi connectivity index (χ1n) is 6.44. The Kier molecular flexibility index (Phi) is 4.01. The van der Waals surface area contributed by atoms with Crippen molar-refractivity contribution in [2.24, 2.45) is 0 Å². The third-order valence-corrected chi connectivity index (χ3v) is 3.81. The average Bonchev–Trinajstić information content (AvgIpc) is 2.95. The minimum absolute atomic E-state index is 0.391. The number of para-hydroxylation sites is 2. The number of nitrogens with zero attached hydrogens (tertiary/aromatic N) is 2. The van der Waals surface area contributed by atoms with Gasteiger partial charge in [0.1, 0.15) is 11.6 Å². The molecule has 0 aliphatic heterocycles. The molecule has 0 saturated heterocycles. The Bertz CT molecular complexity index is 873. The van der Waals surface area contributed by atoms with Crippen molar-refractivity contribution in [3.63, 3.8) is 0 Å². The SMILES string of the molecule is N#C/C(=C\Nc1ccc(Cl)c(Cl)c1)c1nc2ccccc2[nH]1. The van der Waals surface area contributed by atoms with Crippen LogP contribution in [0.15, 0.2) is 48.7 Å². The van der Waals surface area contributed by atoms with E-state index in [0.29, 0.717) is 21.4 Å². The minimum Gasteiger partial charge on any atom is -0.360 e. The third kappa shape index (κ3) is 2.91. The number of imidazole rings is 1. The van der Waals surface area contributed by atoms with Crippen LogP contribution in [0.1, 0.15) is 5.82 Å². The molecule has 0 fully saturated rings. The fraction of sp³-hybridized carbons (Fsp3) is 0. The summed E-state index contributed by atoms with van der Waals surface area (Å²) in [5, 5.41) is 13.3. The number of aromatic amines is 1. The van der Waals surface area contributed by atoms with Crippen LogP contribution >= 0.6 is 23.2 Å². The Morgan fingerprint density at radius 3 is 2.73 bits per heavy atom. The fourth-order valence-electron chi connectivity index (χ4n) is 1.98. The number of anilines is 1. The Morgan fingerprint density at radius 1 is 1.18 bits per heavy atom. The molecule has 4 nitrogen and oxygen atoms in total. The zero-order valence-electron chi connectivity index (χ0n) is 11.3. The van der Waals surface area contributed by atoms with Crippen LogP contribution in [0.5, 0.6) is 0 Å². The van der Waals surface area contributed by atoms with E-state index in [4.69, 9.17) is 23.2 Å². The number of halogens is 2. The maximum absolute atomic E-state index is 9.32. The van der Waals surface area contributed by atoms with Crippen LogP contribution in [0.25, 0.3) is 16.6 Å². The van der Waals surface area contributed by atoms with Gasteiger partial charge in [0, 0.05) is 11.9 Å². The first kappa shape index (κ1) is 14.5. The summed E-state index contributed by atoms with van der Waals surface area (Å²) >= 11 is 11.8. The van der Waals surface area contributed by atoms with E-state index in [1.165, 1.54) is 0 Å². The second kappa shape index (κ2) is 6.10. The van der Waals surface area contributed by atoms with Crippen LogP contribution in [-0.4, -0.2) is 9.97 Å². The van der Waals surface area contributed by atoms with Gasteiger partial charge in [-0.25, -0.2) is 4.98 Å². The highest BCUT2D eigenvalue weighted by atomic mass is 35.5. The maximum atomic E-state index is 9.32. The normalized spacial score (nSPS) is 11.4. The van der Waals surface area contributed by atoms with Gasteiger partial charge in [-0.05, 0) is 30.3 Å². The lowest BCUT2D eigenvalue weighted by Gasteiger charge is -2.03. The van der Waals surface area contributed by atoms with E-state index in [9.17, 15) is 5.26 Å². The average molecular weight is 329 g/mol. The van der Waals surface area contributed by atoms with E-state index in [1.807, 2.05) is 24.3 Å². The molecule has 2 N–H and O–H groups in total. The summed E-state index contributed by atoms with van der Waals surface area (Å²) in [5.41, 5.74) is 2.82. The van der Waals surface area contributed by atoms with Gasteiger partial charge in [-0.15, -0.1) is 0 Å². The van der Waals surface area contributed by atoms with Crippen molar-refractivity contribution in [1.82, 2.24) is 9.97 Å². The van der Waals surface area contributed by atoms with Crippen LogP contribution in [-0.2, 0) is 0 Å². The van der Waals surface area contributed by atoms with Gasteiger partial charge in [0.2, 0.25) is 0 Å². The molecule has 0 saturated carbocycles. The van der Waals surface area contributed by atoms with Crippen LogP contribution in [0, 0.1) is 11.3 Å². The number of nitrogens with one attached hydrogen (secondary N) is 2. The smallest absolute Gasteiger partial charge is 0.150 e. The van der Waals surface area contributed by atoms with Gasteiger partial charge in [0.05, 0.1) is 21.1 Å². The molecule has 0 amide bonds. The molecule has 0 atom stereocenters. The number of hydrogen-bond donors (Lipinski definition) is 2. The topological polar surface area (TPSA) is 64.5 Å². The molecule has 1 aromatic heterocycles. The summed E-state index contributed by atoms with van der Waals surface area (Å²) in [4.78, 5) is 7.51. The van der Waals surface area contributed by atoms with Gasteiger partial charge in [0.15, 0.2) is 5.82 Å². The molecule has 2 aromatic carbocycles. The van der Waals surface area contributed by atoms with Gasteiger partial charge in [-0.3, -0.25) is 0 Å². The number of aromatic nitrogens is 2. The molecule has 0 unspecified atom stereocenters. The van der Waals surface area contributed by atoms with E-state index in [-0.39, 0.29) is 0 Å². The summed E-state index contributed by atoms with van der Waals surface area (Å²) in [6.45, 7) is 0. The molecule has 6 heteroatoms. The number of nitriles is 1. The van der Waals surface area contributed by atoms with Crippen molar-refractivity contribution < 1.29 is 0 Å². The molecule has 0 bridgehead atoms. The first-order chi connectivity index (χ1) is 10.7. The van der Waals surface area contributed by atoms with E-state index in [0.717, 1.165) is 16.7 Å². The molecule has 3 rings (SSSR count). The third-order valence-electron chi connectivity index (χ3n) is 3.07. The Hall–Kier alpha value is -2.48. The Balaban J connectivity index is 1.90. The lowest BCUT2D eigenvalue weighted by molar-refractivity contribution is 1.27. The highest BCUT2D eigenvalue weighted by Gasteiger charge is 2.07. The monoisotopic (exact) mass is 328 g/mol. The molecule has 0 radical (unpaired) electrons. The lowest BCUT2D eigenvalue weighted by Crippen LogP contribution is -1.92. The van der Waals surface area contributed by atoms with Crippen LogP contribution in [0.4, 0.5) is 5.69 Å². The second-order valence-corrected chi connectivity index (χ2v) is 5.36. The molecule has 0 aliphatic rings. The number of fused-ring (bicyclic) bond motifs is 1. The summed E-state index contributed by atoms with van der Waals surface area (Å²) in [6, 6.07) is 14.9. The number of benzene rings is 2. The highest BCUT2D eigenvalue weighted by molar-refractivity contribution is 6.42. The van der Waals surface area contributed by atoms with E-state index in [1.54, 1.807) is 24.4 Å². The van der Waals surface area contributed by atoms with Crippen molar-refractivity contribution in [2.75, 3.05) is 5.32 Å². The molecule has 1 heterocycles. The number of rotatable bonds is 3. The fourth-order valence-corrected chi connectivity index (χ4v) is 2.27. The number of allylic oxidation sites excluding steroid dienone is 1. The standard InChI is InChI=1S/C16H10Cl2N4/c17-12-6-5-11(7-13(12)18)20-9-10(8-19)16-21-14-3-1-2-4-15(14)22-16/h1-7,9,20H,(H,21,22)/b10-9+. The van der Waals surface area contributed by atoms with Gasteiger partial charge in [-0.1, -0.05) is 35.3 Å². The first-order valence-corrected chi connectivity index (χ1v) is 7.20. The van der Waals surface area contributed by atoms with E-state index in [2.05, 4.69) is 21.4 Å². The zero-order chi connectivity index (χ0) is 15.5. The van der Waals surface area contributed by atoms with E-state index < -0.39 is 0 Å². The van der Waals surface area contributed by atoms with Crippen molar-refractivity contribution in [2.45, 2.75) is 0 Å². The van der Waals surface area contributed by atoms with Crippen molar-refractivity contribution >= 4 is 45.5 Å². The molecule has 0 aliphatic carbocycles. The van der Waals surface area contributed by atoms with E-state index >= 15 is 0 Å². The Labute approximate surface area is 137 Å². The summed E-state index contributed by atoms with van der Waals surface area (Å²) < 4.78 is 0. The minimum atomic E-state index is 0.391.